The number of benzene rings is 1. The van der Waals surface area contributed by atoms with Crippen LogP contribution < -0.4 is 9.47 Å². The highest BCUT2D eigenvalue weighted by Crippen LogP contribution is 2.33. The smallest absolute Gasteiger partial charge is 0.164 e. The molecule has 0 bridgehead atoms. The molecule has 96 valence electrons. The van der Waals surface area contributed by atoms with Crippen molar-refractivity contribution in [1.82, 2.24) is 0 Å². The maximum absolute atomic E-state index is 13.9. The normalized spacial score (nSPS) is 14.9. The molecule has 1 aromatic rings. The Morgan fingerprint density at radius 3 is 2.72 bits per heavy atom. The van der Waals surface area contributed by atoms with E-state index in [1.54, 1.807) is 6.07 Å². The van der Waals surface area contributed by atoms with Crippen LogP contribution in [-0.2, 0) is 6.42 Å². The van der Waals surface area contributed by atoms with Gasteiger partial charge >= 0.3 is 0 Å². The number of fused-ring (bicyclic) bond motifs is 1. The summed E-state index contributed by atoms with van der Waals surface area (Å²) in [7, 11) is 0. The molecule has 18 heavy (non-hydrogen) atoms. The van der Waals surface area contributed by atoms with Crippen LogP contribution in [0.25, 0.3) is 0 Å². The molecule has 1 aliphatic heterocycles. The molecule has 0 aromatic heterocycles. The molecule has 2 rings (SSSR count). The van der Waals surface area contributed by atoms with E-state index in [9.17, 15) is 4.39 Å². The lowest BCUT2D eigenvalue weighted by Crippen LogP contribution is -2.16. The summed E-state index contributed by atoms with van der Waals surface area (Å²) in [5, 5.41) is 10.5. The standard InChI is InChI=1S/C13H14FNO2S/c1-9(7-18-8-15)4-10-5-12-13(6-11(10)14)17-3-2-16-12/h5-6,9H,2-4,7H2,1H3. The van der Waals surface area contributed by atoms with Gasteiger partial charge in [-0.1, -0.05) is 6.92 Å². The topological polar surface area (TPSA) is 42.2 Å². The van der Waals surface area contributed by atoms with Gasteiger partial charge in [-0.3, -0.25) is 0 Å². The molecule has 1 aliphatic rings. The van der Waals surface area contributed by atoms with E-state index in [0.717, 1.165) is 0 Å². The van der Waals surface area contributed by atoms with Crippen LogP contribution in [0.3, 0.4) is 0 Å². The zero-order valence-corrected chi connectivity index (χ0v) is 10.9. The van der Waals surface area contributed by atoms with Crippen molar-refractivity contribution in [2.45, 2.75) is 13.3 Å². The molecule has 1 heterocycles. The molecule has 0 amide bonds. The van der Waals surface area contributed by atoms with Crippen molar-refractivity contribution in [1.29, 1.82) is 5.26 Å². The van der Waals surface area contributed by atoms with Crippen molar-refractivity contribution >= 4 is 11.8 Å². The lowest BCUT2D eigenvalue weighted by atomic mass is 10.0. The number of hydrogen-bond donors (Lipinski definition) is 0. The fraction of sp³-hybridized carbons (Fsp3) is 0.462. The molecule has 3 nitrogen and oxygen atoms in total. The fourth-order valence-corrected chi connectivity index (χ4v) is 2.35. The summed E-state index contributed by atoms with van der Waals surface area (Å²) in [6, 6.07) is 3.09. The predicted molar refractivity (Wildman–Crippen MR) is 68.3 cm³/mol. The highest BCUT2D eigenvalue weighted by Gasteiger charge is 2.17. The molecule has 0 spiro atoms. The van der Waals surface area contributed by atoms with Gasteiger partial charge < -0.3 is 9.47 Å². The monoisotopic (exact) mass is 267 g/mol. The van der Waals surface area contributed by atoms with Crippen LogP contribution in [0.15, 0.2) is 12.1 Å². The van der Waals surface area contributed by atoms with Crippen LogP contribution in [0.2, 0.25) is 0 Å². The van der Waals surface area contributed by atoms with E-state index in [0.29, 0.717) is 42.4 Å². The SMILES string of the molecule is CC(CSC#N)Cc1cc2c(cc1F)OCCO2. The van der Waals surface area contributed by atoms with Crippen molar-refractivity contribution in [2.75, 3.05) is 19.0 Å². The van der Waals surface area contributed by atoms with Crippen molar-refractivity contribution < 1.29 is 13.9 Å². The first-order valence-corrected chi connectivity index (χ1v) is 6.78. The molecule has 1 atom stereocenters. The second-order valence-corrected chi connectivity index (χ2v) is 5.10. The van der Waals surface area contributed by atoms with Crippen molar-refractivity contribution in [3.63, 3.8) is 0 Å². The van der Waals surface area contributed by atoms with Gasteiger partial charge in [0.25, 0.3) is 0 Å². The summed E-state index contributed by atoms with van der Waals surface area (Å²) in [6.07, 6.45) is 0.594. The molecule has 0 saturated carbocycles. The van der Waals surface area contributed by atoms with Gasteiger partial charge in [0.2, 0.25) is 0 Å². The third-order valence-electron chi connectivity index (χ3n) is 2.71. The van der Waals surface area contributed by atoms with E-state index in [4.69, 9.17) is 14.7 Å². The third-order valence-corrected chi connectivity index (χ3v) is 3.58. The van der Waals surface area contributed by atoms with Gasteiger partial charge in [-0.25, -0.2) is 4.39 Å². The Balaban J connectivity index is 2.11. The Morgan fingerprint density at radius 2 is 2.06 bits per heavy atom. The first kappa shape index (κ1) is 13.0. The lowest BCUT2D eigenvalue weighted by molar-refractivity contribution is 0.170. The van der Waals surface area contributed by atoms with Crippen molar-refractivity contribution in [3.8, 4) is 16.9 Å². The average Bonchev–Trinajstić information content (AvgIpc) is 2.37. The summed E-state index contributed by atoms with van der Waals surface area (Å²) in [5.74, 6) is 1.75. The van der Waals surface area contributed by atoms with Gasteiger partial charge in [-0.2, -0.15) is 5.26 Å². The molecular weight excluding hydrogens is 253 g/mol. The highest BCUT2D eigenvalue weighted by molar-refractivity contribution is 8.03. The number of nitrogens with zero attached hydrogens (tertiary/aromatic N) is 1. The number of thiocyanates is 1. The van der Waals surface area contributed by atoms with E-state index < -0.39 is 0 Å². The van der Waals surface area contributed by atoms with E-state index >= 15 is 0 Å². The zero-order valence-electron chi connectivity index (χ0n) is 10.1. The molecule has 1 aromatic carbocycles. The number of hydrogen-bond acceptors (Lipinski definition) is 4. The first-order valence-electron chi connectivity index (χ1n) is 5.79. The Bertz CT molecular complexity index is 473. The largest absolute Gasteiger partial charge is 0.486 e. The van der Waals surface area contributed by atoms with Crippen LogP contribution in [0.4, 0.5) is 4.39 Å². The summed E-state index contributed by atoms with van der Waals surface area (Å²) in [6.45, 7) is 2.96. The number of thioether (sulfide) groups is 1. The molecule has 0 saturated heterocycles. The molecule has 0 N–H and O–H groups in total. The summed E-state index contributed by atoms with van der Waals surface area (Å²) >= 11 is 1.20. The van der Waals surface area contributed by atoms with E-state index in [2.05, 4.69) is 0 Å². The second-order valence-electron chi connectivity index (χ2n) is 4.30. The van der Waals surface area contributed by atoms with Crippen LogP contribution in [0.5, 0.6) is 11.5 Å². The average molecular weight is 267 g/mol. The Kier molecular flexibility index (Phi) is 4.32. The molecule has 0 aliphatic carbocycles. The van der Waals surface area contributed by atoms with Crippen LogP contribution in [-0.4, -0.2) is 19.0 Å². The summed E-state index contributed by atoms with van der Waals surface area (Å²) in [5.41, 5.74) is 0.616. The Hall–Kier alpha value is -1.41. The third kappa shape index (κ3) is 3.08. The Morgan fingerprint density at radius 1 is 1.39 bits per heavy atom. The van der Waals surface area contributed by atoms with E-state index in [-0.39, 0.29) is 11.7 Å². The maximum atomic E-state index is 13.9. The number of ether oxygens (including phenoxy) is 2. The minimum absolute atomic E-state index is 0.242. The molecule has 0 fully saturated rings. The number of rotatable bonds is 4. The van der Waals surface area contributed by atoms with Gasteiger partial charge in [-0.05, 0) is 35.7 Å². The van der Waals surface area contributed by atoms with Gasteiger partial charge in [0, 0.05) is 11.8 Å². The fourth-order valence-electron chi connectivity index (χ4n) is 1.88. The zero-order chi connectivity index (χ0) is 13.0. The number of halogens is 1. The quantitative estimate of drug-likeness (QED) is 0.786. The Labute approximate surface area is 110 Å². The van der Waals surface area contributed by atoms with E-state index in [1.165, 1.54) is 17.8 Å². The maximum Gasteiger partial charge on any atom is 0.164 e. The lowest BCUT2D eigenvalue weighted by Gasteiger charge is -2.20. The van der Waals surface area contributed by atoms with Crippen molar-refractivity contribution in [2.24, 2.45) is 5.92 Å². The second kappa shape index (κ2) is 5.96. The molecular formula is C13H14FNO2S. The summed E-state index contributed by atoms with van der Waals surface area (Å²) in [4.78, 5) is 0. The molecule has 1 unspecified atom stereocenters. The van der Waals surface area contributed by atoms with Crippen molar-refractivity contribution in [3.05, 3.63) is 23.5 Å². The number of nitriles is 1. The first-order chi connectivity index (χ1) is 8.70. The van der Waals surface area contributed by atoms with Gasteiger partial charge in [0.15, 0.2) is 11.5 Å². The van der Waals surface area contributed by atoms with Crippen LogP contribution in [0.1, 0.15) is 12.5 Å². The van der Waals surface area contributed by atoms with Gasteiger partial charge in [-0.15, -0.1) is 0 Å². The minimum Gasteiger partial charge on any atom is -0.486 e. The predicted octanol–water partition coefficient (Wildman–Crippen LogP) is 2.99. The highest BCUT2D eigenvalue weighted by atomic mass is 32.2. The van der Waals surface area contributed by atoms with Crippen LogP contribution >= 0.6 is 11.8 Å². The minimum atomic E-state index is -0.270. The molecule has 5 heteroatoms. The summed E-state index contributed by atoms with van der Waals surface area (Å²) < 4.78 is 24.6. The van der Waals surface area contributed by atoms with E-state index in [1.807, 2.05) is 12.3 Å². The van der Waals surface area contributed by atoms with Crippen LogP contribution in [0, 0.1) is 22.4 Å². The van der Waals surface area contributed by atoms with Gasteiger partial charge in [0.05, 0.1) is 0 Å². The molecule has 0 radical (unpaired) electrons. The van der Waals surface area contributed by atoms with Gasteiger partial charge in [0.1, 0.15) is 24.4 Å².